The third kappa shape index (κ3) is 5.46. The molecule has 0 aromatic heterocycles. The molecule has 0 aliphatic carbocycles. The van der Waals surface area contributed by atoms with Crippen molar-refractivity contribution in [1.82, 2.24) is 0 Å². The number of hydrogen-bond donors (Lipinski definition) is 1. The first-order chi connectivity index (χ1) is 13.1. The molecule has 0 aliphatic rings. The molecule has 0 saturated heterocycles. The number of nitrogens with zero attached hydrogens (tertiary/aromatic N) is 1. The highest BCUT2D eigenvalue weighted by Crippen LogP contribution is 2.28. The van der Waals surface area contributed by atoms with E-state index < -0.39 is 0 Å². The van der Waals surface area contributed by atoms with Gasteiger partial charge in [0.25, 0.3) is 0 Å². The summed E-state index contributed by atoms with van der Waals surface area (Å²) in [6.45, 7) is 0.410. The smallest absolute Gasteiger partial charge is 0.161 e. The highest BCUT2D eigenvalue weighted by Gasteiger charge is 2.06. The Balaban J connectivity index is 1.63. The van der Waals surface area contributed by atoms with E-state index in [1.165, 1.54) is 12.1 Å². The van der Waals surface area contributed by atoms with Crippen LogP contribution in [0, 0.1) is 5.82 Å². The van der Waals surface area contributed by atoms with Crippen LogP contribution in [0.3, 0.4) is 0 Å². The van der Waals surface area contributed by atoms with E-state index in [0.29, 0.717) is 28.8 Å². The first-order valence-electron chi connectivity index (χ1n) is 8.24. The van der Waals surface area contributed by atoms with E-state index in [1.807, 2.05) is 42.5 Å². The second kappa shape index (κ2) is 9.05. The van der Waals surface area contributed by atoms with Gasteiger partial charge in [-0.1, -0.05) is 23.7 Å². The van der Waals surface area contributed by atoms with Gasteiger partial charge in [-0.25, -0.2) is 4.39 Å². The van der Waals surface area contributed by atoms with Crippen LogP contribution in [0.15, 0.2) is 71.8 Å². The fraction of sp³-hybridized carbons (Fsp3) is 0.0952. The second-order valence-electron chi connectivity index (χ2n) is 5.70. The molecule has 4 nitrogen and oxygen atoms in total. The van der Waals surface area contributed by atoms with Crippen molar-refractivity contribution in [2.75, 3.05) is 12.5 Å². The molecule has 0 bridgehead atoms. The van der Waals surface area contributed by atoms with Crippen molar-refractivity contribution in [2.45, 2.75) is 6.61 Å². The monoisotopic (exact) mass is 384 g/mol. The molecule has 138 valence electrons. The summed E-state index contributed by atoms with van der Waals surface area (Å²) >= 11 is 5.89. The minimum atomic E-state index is -0.288. The molecule has 3 aromatic carbocycles. The van der Waals surface area contributed by atoms with Gasteiger partial charge in [-0.3, -0.25) is 5.43 Å². The number of rotatable bonds is 7. The molecule has 0 heterocycles. The lowest BCUT2D eigenvalue weighted by molar-refractivity contribution is 0.284. The SMILES string of the molecule is COc1cc(/C=N\Nc2ccc(F)cc2)ccc1OCc1ccc(Cl)cc1. The quantitative estimate of drug-likeness (QED) is 0.431. The molecule has 0 saturated carbocycles. The molecule has 27 heavy (non-hydrogen) atoms. The number of nitrogens with one attached hydrogen (secondary N) is 1. The van der Waals surface area contributed by atoms with Crippen molar-refractivity contribution < 1.29 is 13.9 Å². The topological polar surface area (TPSA) is 42.8 Å². The van der Waals surface area contributed by atoms with Gasteiger partial charge in [-0.2, -0.15) is 5.10 Å². The Morgan fingerprint density at radius 2 is 1.74 bits per heavy atom. The lowest BCUT2D eigenvalue weighted by Crippen LogP contribution is -1.98. The summed E-state index contributed by atoms with van der Waals surface area (Å²) in [7, 11) is 1.59. The van der Waals surface area contributed by atoms with E-state index >= 15 is 0 Å². The molecule has 0 fully saturated rings. The van der Waals surface area contributed by atoms with Crippen LogP contribution >= 0.6 is 11.6 Å². The van der Waals surface area contributed by atoms with Crippen LogP contribution < -0.4 is 14.9 Å². The summed E-state index contributed by atoms with van der Waals surface area (Å²) in [4.78, 5) is 0. The van der Waals surface area contributed by atoms with Gasteiger partial charge in [0.2, 0.25) is 0 Å². The third-order valence-electron chi connectivity index (χ3n) is 3.75. The summed E-state index contributed by atoms with van der Waals surface area (Å²) in [5, 5.41) is 4.83. The number of ether oxygens (including phenoxy) is 2. The molecule has 0 amide bonds. The van der Waals surface area contributed by atoms with Gasteiger partial charge in [-0.15, -0.1) is 0 Å². The maximum Gasteiger partial charge on any atom is 0.161 e. The Hall–Kier alpha value is -3.05. The first-order valence-corrected chi connectivity index (χ1v) is 8.62. The molecular weight excluding hydrogens is 367 g/mol. The van der Waals surface area contributed by atoms with Crippen molar-refractivity contribution in [1.29, 1.82) is 0 Å². The molecule has 3 rings (SSSR count). The van der Waals surface area contributed by atoms with Crippen LogP contribution in [0.2, 0.25) is 5.02 Å². The Labute approximate surface area is 162 Å². The fourth-order valence-electron chi connectivity index (χ4n) is 2.33. The number of methoxy groups -OCH3 is 1. The fourth-order valence-corrected chi connectivity index (χ4v) is 2.46. The van der Waals surface area contributed by atoms with Crippen molar-refractivity contribution in [3.63, 3.8) is 0 Å². The highest BCUT2D eigenvalue weighted by molar-refractivity contribution is 6.30. The van der Waals surface area contributed by atoms with Gasteiger partial charge in [0.05, 0.1) is 19.0 Å². The third-order valence-corrected chi connectivity index (χ3v) is 4.00. The second-order valence-corrected chi connectivity index (χ2v) is 6.14. The molecule has 6 heteroatoms. The Bertz CT molecular complexity index is 912. The molecule has 0 atom stereocenters. The summed E-state index contributed by atoms with van der Waals surface area (Å²) in [6.07, 6.45) is 1.65. The average Bonchev–Trinajstić information content (AvgIpc) is 2.69. The maximum absolute atomic E-state index is 12.9. The lowest BCUT2D eigenvalue weighted by atomic mass is 10.2. The van der Waals surface area contributed by atoms with Gasteiger partial charge in [0, 0.05) is 5.02 Å². The average molecular weight is 385 g/mol. The summed E-state index contributed by atoms with van der Waals surface area (Å²) in [5.74, 6) is 0.953. The van der Waals surface area contributed by atoms with Crippen molar-refractivity contribution in [3.05, 3.63) is 88.7 Å². The van der Waals surface area contributed by atoms with Crippen molar-refractivity contribution >= 4 is 23.5 Å². The molecule has 0 spiro atoms. The van der Waals surface area contributed by atoms with Crippen LogP contribution in [-0.2, 0) is 6.61 Å². The zero-order valence-corrected chi connectivity index (χ0v) is 15.4. The minimum Gasteiger partial charge on any atom is -0.493 e. The van der Waals surface area contributed by atoms with Crippen molar-refractivity contribution in [2.24, 2.45) is 5.10 Å². The van der Waals surface area contributed by atoms with Crippen LogP contribution in [0.1, 0.15) is 11.1 Å². The maximum atomic E-state index is 12.9. The van der Waals surface area contributed by atoms with E-state index in [1.54, 1.807) is 25.5 Å². The van der Waals surface area contributed by atoms with Gasteiger partial charge >= 0.3 is 0 Å². The van der Waals surface area contributed by atoms with E-state index in [-0.39, 0.29) is 5.82 Å². The van der Waals surface area contributed by atoms with Gasteiger partial charge in [0.1, 0.15) is 12.4 Å². The van der Waals surface area contributed by atoms with Crippen LogP contribution in [0.4, 0.5) is 10.1 Å². The lowest BCUT2D eigenvalue weighted by Gasteiger charge is -2.11. The van der Waals surface area contributed by atoms with Crippen LogP contribution in [0.5, 0.6) is 11.5 Å². The molecule has 1 N–H and O–H groups in total. The van der Waals surface area contributed by atoms with E-state index in [2.05, 4.69) is 10.5 Å². The standard InChI is InChI=1S/C21H18ClFN2O2/c1-26-21-12-16(13-24-25-19-9-7-18(23)8-10-19)4-11-20(21)27-14-15-2-5-17(22)6-3-15/h2-13,25H,14H2,1H3/b24-13-. The van der Waals surface area contributed by atoms with E-state index in [9.17, 15) is 4.39 Å². The summed E-state index contributed by atoms with van der Waals surface area (Å²) in [5.41, 5.74) is 5.38. The number of hydrazone groups is 1. The largest absolute Gasteiger partial charge is 0.493 e. The minimum absolute atomic E-state index is 0.288. The summed E-state index contributed by atoms with van der Waals surface area (Å²) < 4.78 is 24.1. The zero-order chi connectivity index (χ0) is 19.1. The van der Waals surface area contributed by atoms with E-state index in [4.69, 9.17) is 21.1 Å². The van der Waals surface area contributed by atoms with Gasteiger partial charge < -0.3 is 9.47 Å². The highest BCUT2D eigenvalue weighted by atomic mass is 35.5. The molecule has 0 unspecified atom stereocenters. The van der Waals surface area contributed by atoms with Gasteiger partial charge in [0.15, 0.2) is 11.5 Å². The first kappa shape index (κ1) is 18.7. The van der Waals surface area contributed by atoms with Gasteiger partial charge in [-0.05, 0) is 65.7 Å². The van der Waals surface area contributed by atoms with E-state index in [0.717, 1.165) is 11.1 Å². The normalized spacial score (nSPS) is 10.8. The molecule has 0 radical (unpaired) electrons. The molecule has 0 aliphatic heterocycles. The Morgan fingerprint density at radius 3 is 2.44 bits per heavy atom. The number of anilines is 1. The van der Waals surface area contributed by atoms with Crippen LogP contribution in [-0.4, -0.2) is 13.3 Å². The molecular formula is C21H18ClFN2O2. The number of hydrogen-bond acceptors (Lipinski definition) is 4. The predicted octanol–water partition coefficient (Wildman–Crippen LogP) is 5.51. The summed E-state index contributed by atoms with van der Waals surface area (Å²) in [6, 6.07) is 19.0. The number of benzene rings is 3. The Kier molecular flexibility index (Phi) is 6.28. The van der Waals surface area contributed by atoms with Crippen molar-refractivity contribution in [3.8, 4) is 11.5 Å². The Morgan fingerprint density at radius 1 is 1.00 bits per heavy atom. The van der Waals surface area contributed by atoms with Crippen LogP contribution in [0.25, 0.3) is 0 Å². The zero-order valence-electron chi connectivity index (χ0n) is 14.7. The molecule has 3 aromatic rings. The number of halogens is 2. The predicted molar refractivity (Wildman–Crippen MR) is 106 cm³/mol.